The molecule has 1 aromatic carbocycles. The predicted molar refractivity (Wildman–Crippen MR) is 76.8 cm³/mol. The summed E-state index contributed by atoms with van der Waals surface area (Å²) < 4.78 is 47.9. The van der Waals surface area contributed by atoms with Crippen molar-refractivity contribution in [3.63, 3.8) is 0 Å². The molecule has 0 saturated heterocycles. The molecule has 0 aliphatic heterocycles. The van der Waals surface area contributed by atoms with Gasteiger partial charge in [0.15, 0.2) is 11.6 Å². The first-order chi connectivity index (χ1) is 10.5. The average molecular weight is 328 g/mol. The number of halogens is 3. The van der Waals surface area contributed by atoms with E-state index < -0.39 is 52.4 Å². The molecular weight excluding hydrogens is 309 g/mol. The molecule has 23 heavy (non-hydrogen) atoms. The zero-order valence-electron chi connectivity index (χ0n) is 13.3. The maximum atomic E-state index is 14.4. The lowest BCUT2D eigenvalue weighted by Gasteiger charge is -2.33. The highest BCUT2D eigenvalue weighted by Gasteiger charge is 2.66. The topological polar surface area (TPSA) is 46.5 Å². The second-order valence-electron chi connectivity index (χ2n) is 7.47. The number of phenols is 1. The highest BCUT2D eigenvalue weighted by Crippen LogP contribution is 2.65. The van der Waals surface area contributed by atoms with Crippen LogP contribution in [-0.4, -0.2) is 16.7 Å². The van der Waals surface area contributed by atoms with Crippen LogP contribution in [0.1, 0.15) is 51.2 Å². The summed E-state index contributed by atoms with van der Waals surface area (Å²) in [6, 6.07) is 1.99. The van der Waals surface area contributed by atoms with Crippen molar-refractivity contribution in [2.75, 3.05) is 0 Å². The van der Waals surface area contributed by atoms with Gasteiger partial charge in [-0.2, -0.15) is 0 Å². The maximum Gasteiger partial charge on any atom is 0.310 e. The largest absolute Gasteiger partial charge is 0.505 e. The Labute approximate surface area is 132 Å². The van der Waals surface area contributed by atoms with Crippen molar-refractivity contribution in [1.82, 2.24) is 0 Å². The first kappa shape index (κ1) is 16.1. The minimum atomic E-state index is -3.16. The predicted octanol–water partition coefficient (Wildman–Crippen LogP) is 4.02. The van der Waals surface area contributed by atoms with E-state index in [2.05, 4.69) is 0 Å². The molecule has 1 aromatic rings. The molecule has 0 bridgehead atoms. The molecule has 2 aliphatic rings. The number of aromatic hydroxyl groups is 1. The van der Waals surface area contributed by atoms with Gasteiger partial charge in [0.25, 0.3) is 5.92 Å². The number of hydrogen-bond donors (Lipinski definition) is 1. The molecule has 3 rings (SSSR count). The standard InChI is InChI=1S/C17H19F3O3/c1-15(2,3)23-14(22)10-8-16(10)6-7-17(19,20)9-4-5-11(21)13(18)12(9)16/h4-5,10,21H,6-8H2,1-3H3/t10-,16-/m1/s1. The fourth-order valence-electron chi connectivity index (χ4n) is 3.54. The van der Waals surface area contributed by atoms with Gasteiger partial charge in [0.05, 0.1) is 5.92 Å². The normalized spacial score (nSPS) is 28.3. The summed E-state index contributed by atoms with van der Waals surface area (Å²) in [7, 11) is 0. The molecule has 126 valence electrons. The van der Waals surface area contributed by atoms with Crippen LogP contribution in [0.3, 0.4) is 0 Å². The van der Waals surface area contributed by atoms with E-state index in [-0.39, 0.29) is 18.4 Å². The molecule has 2 aliphatic carbocycles. The Balaban J connectivity index is 2.02. The Morgan fingerprint density at radius 2 is 1.96 bits per heavy atom. The summed E-state index contributed by atoms with van der Waals surface area (Å²) in [4.78, 5) is 12.3. The van der Waals surface area contributed by atoms with Crippen LogP contribution < -0.4 is 0 Å². The number of esters is 1. The zero-order chi connectivity index (χ0) is 17.2. The Morgan fingerprint density at radius 3 is 2.57 bits per heavy atom. The van der Waals surface area contributed by atoms with Gasteiger partial charge in [0, 0.05) is 23.0 Å². The monoisotopic (exact) mass is 328 g/mol. The lowest BCUT2D eigenvalue weighted by molar-refractivity contribution is -0.157. The average Bonchev–Trinajstić information content (AvgIpc) is 3.12. The van der Waals surface area contributed by atoms with Crippen molar-refractivity contribution >= 4 is 5.97 Å². The van der Waals surface area contributed by atoms with Crippen molar-refractivity contribution in [2.24, 2.45) is 5.92 Å². The van der Waals surface area contributed by atoms with Crippen molar-refractivity contribution in [3.05, 3.63) is 29.1 Å². The van der Waals surface area contributed by atoms with Crippen LogP contribution in [-0.2, 0) is 20.9 Å². The third kappa shape index (κ3) is 2.48. The van der Waals surface area contributed by atoms with Crippen molar-refractivity contribution < 1.29 is 27.8 Å². The van der Waals surface area contributed by atoms with Crippen LogP contribution >= 0.6 is 0 Å². The minimum absolute atomic E-state index is 0.00270. The van der Waals surface area contributed by atoms with Gasteiger partial charge in [-0.3, -0.25) is 4.79 Å². The van der Waals surface area contributed by atoms with Gasteiger partial charge >= 0.3 is 5.97 Å². The summed E-state index contributed by atoms with van der Waals surface area (Å²) in [6.07, 6.45) is -0.174. The first-order valence-corrected chi connectivity index (χ1v) is 7.61. The van der Waals surface area contributed by atoms with Gasteiger partial charge < -0.3 is 9.84 Å². The van der Waals surface area contributed by atoms with Crippen LogP contribution in [0.5, 0.6) is 5.75 Å². The van der Waals surface area contributed by atoms with Crippen LogP contribution in [0.15, 0.2) is 12.1 Å². The summed E-state index contributed by atoms with van der Waals surface area (Å²) in [5.41, 5.74) is -2.32. The number of phenolic OH excluding ortho intramolecular Hbond substituents is 1. The number of rotatable bonds is 1. The molecule has 6 heteroatoms. The second-order valence-corrected chi connectivity index (χ2v) is 7.47. The van der Waals surface area contributed by atoms with Crippen LogP contribution in [0, 0.1) is 11.7 Å². The molecule has 1 fully saturated rings. The lowest BCUT2D eigenvalue weighted by Crippen LogP contribution is -2.33. The summed E-state index contributed by atoms with van der Waals surface area (Å²) in [5.74, 6) is -6.02. The van der Waals surface area contributed by atoms with Crippen LogP contribution in [0.2, 0.25) is 0 Å². The van der Waals surface area contributed by atoms with Crippen LogP contribution in [0.4, 0.5) is 13.2 Å². The first-order valence-electron chi connectivity index (χ1n) is 7.61. The Bertz CT molecular complexity index is 678. The van der Waals surface area contributed by atoms with Crippen molar-refractivity contribution in [3.8, 4) is 5.75 Å². The summed E-state index contributed by atoms with van der Waals surface area (Å²) >= 11 is 0. The molecule has 1 spiro atoms. The van der Waals surface area contributed by atoms with Crippen molar-refractivity contribution in [2.45, 2.75) is 57.0 Å². The molecule has 0 aromatic heterocycles. The zero-order valence-corrected chi connectivity index (χ0v) is 13.3. The van der Waals surface area contributed by atoms with E-state index in [9.17, 15) is 23.1 Å². The van der Waals surface area contributed by atoms with E-state index >= 15 is 0 Å². The summed E-state index contributed by atoms with van der Waals surface area (Å²) in [6.45, 7) is 5.15. The Hall–Kier alpha value is -1.72. The highest BCUT2D eigenvalue weighted by molar-refractivity contribution is 5.80. The Kier molecular flexibility index (Phi) is 3.26. The van der Waals surface area contributed by atoms with Gasteiger partial charge in [-0.1, -0.05) is 0 Å². The molecule has 0 unspecified atom stereocenters. The van der Waals surface area contributed by atoms with Gasteiger partial charge in [-0.05, 0) is 45.7 Å². The number of fused-ring (bicyclic) bond motifs is 2. The molecule has 1 saturated carbocycles. The molecular formula is C17H19F3O3. The third-order valence-corrected chi connectivity index (χ3v) is 4.67. The number of alkyl halides is 2. The van der Waals surface area contributed by atoms with Gasteiger partial charge in [0.2, 0.25) is 0 Å². The molecule has 3 nitrogen and oxygen atoms in total. The summed E-state index contributed by atoms with van der Waals surface area (Å²) in [5, 5.41) is 9.58. The van der Waals surface area contributed by atoms with Gasteiger partial charge in [0.1, 0.15) is 5.60 Å². The van der Waals surface area contributed by atoms with E-state index in [1.54, 1.807) is 20.8 Å². The highest BCUT2D eigenvalue weighted by atomic mass is 19.3. The van der Waals surface area contributed by atoms with Crippen molar-refractivity contribution in [1.29, 1.82) is 0 Å². The number of hydrogen-bond acceptors (Lipinski definition) is 3. The molecule has 0 radical (unpaired) electrons. The minimum Gasteiger partial charge on any atom is -0.505 e. The van der Waals surface area contributed by atoms with Gasteiger partial charge in [-0.25, -0.2) is 13.2 Å². The lowest BCUT2D eigenvalue weighted by atomic mass is 9.76. The van der Waals surface area contributed by atoms with E-state index in [4.69, 9.17) is 4.74 Å². The molecule has 2 atom stereocenters. The van der Waals surface area contributed by atoms with E-state index in [0.29, 0.717) is 0 Å². The third-order valence-electron chi connectivity index (χ3n) is 4.67. The number of carbonyl (C=O) groups excluding carboxylic acids is 1. The van der Waals surface area contributed by atoms with Crippen LogP contribution in [0.25, 0.3) is 0 Å². The maximum absolute atomic E-state index is 14.4. The number of ether oxygens (including phenoxy) is 1. The Morgan fingerprint density at radius 1 is 1.30 bits per heavy atom. The molecule has 1 N–H and O–H groups in total. The van der Waals surface area contributed by atoms with E-state index in [1.165, 1.54) is 0 Å². The second kappa shape index (κ2) is 4.65. The smallest absolute Gasteiger partial charge is 0.310 e. The quantitative estimate of drug-likeness (QED) is 0.792. The fraction of sp³-hybridized carbons (Fsp3) is 0.588. The number of carbonyl (C=O) groups is 1. The van der Waals surface area contributed by atoms with E-state index in [1.807, 2.05) is 0 Å². The number of benzene rings is 1. The fourth-order valence-corrected chi connectivity index (χ4v) is 3.54. The molecule has 0 amide bonds. The molecule has 0 heterocycles. The SMILES string of the molecule is CC(C)(C)OC(=O)[C@H]1C[C@]12CCC(F)(F)c1ccc(O)c(F)c12. The van der Waals surface area contributed by atoms with E-state index in [0.717, 1.165) is 12.1 Å². The van der Waals surface area contributed by atoms with Gasteiger partial charge in [-0.15, -0.1) is 0 Å².